The predicted molar refractivity (Wildman–Crippen MR) is 81.4 cm³/mol. The third-order valence-corrected chi connectivity index (χ3v) is 4.19. The van der Waals surface area contributed by atoms with Crippen LogP contribution < -0.4 is 5.32 Å². The summed E-state index contributed by atoms with van der Waals surface area (Å²) in [7, 11) is 0. The maximum absolute atomic E-state index is 12.1. The van der Waals surface area contributed by atoms with Gasteiger partial charge in [-0.15, -0.1) is 0 Å². The zero-order chi connectivity index (χ0) is 14.3. The quantitative estimate of drug-likeness (QED) is 0.780. The van der Waals surface area contributed by atoms with Crippen molar-refractivity contribution in [3.8, 4) is 0 Å². The van der Waals surface area contributed by atoms with Gasteiger partial charge in [0.2, 0.25) is 0 Å². The van der Waals surface area contributed by atoms with Crippen LogP contribution in [0.15, 0.2) is 30.3 Å². The molecule has 0 aliphatic rings. The molecule has 3 nitrogen and oxygen atoms in total. The second-order valence-electron chi connectivity index (χ2n) is 4.94. The molecule has 0 aromatic heterocycles. The Balaban J connectivity index is 2.79. The monoisotopic (exact) mass is 281 g/mol. The molecule has 0 saturated carbocycles. The van der Waals surface area contributed by atoms with Crippen molar-refractivity contribution in [1.29, 1.82) is 0 Å². The van der Waals surface area contributed by atoms with E-state index in [9.17, 15) is 4.79 Å². The Morgan fingerprint density at radius 3 is 2.53 bits per heavy atom. The van der Waals surface area contributed by atoms with Gasteiger partial charge in [0, 0.05) is 11.3 Å². The van der Waals surface area contributed by atoms with E-state index >= 15 is 0 Å². The lowest BCUT2D eigenvalue weighted by Crippen LogP contribution is -2.38. The van der Waals surface area contributed by atoms with Gasteiger partial charge in [0.1, 0.15) is 6.04 Å². The van der Waals surface area contributed by atoms with E-state index < -0.39 is 6.04 Å². The molecule has 0 bridgehead atoms. The second-order valence-corrected chi connectivity index (χ2v) is 6.45. The molecule has 1 unspecified atom stereocenters. The van der Waals surface area contributed by atoms with E-state index in [1.54, 1.807) is 11.8 Å². The molecule has 1 atom stereocenters. The van der Waals surface area contributed by atoms with Gasteiger partial charge in [-0.1, -0.05) is 30.3 Å². The topological polar surface area (TPSA) is 38.3 Å². The fourth-order valence-electron chi connectivity index (χ4n) is 1.63. The molecule has 0 spiro atoms. The molecule has 0 aliphatic heterocycles. The number of thioether (sulfide) groups is 1. The van der Waals surface area contributed by atoms with Gasteiger partial charge in [-0.3, -0.25) is 5.32 Å². The van der Waals surface area contributed by atoms with Gasteiger partial charge >= 0.3 is 5.97 Å². The minimum Gasteiger partial charge on any atom is -0.465 e. The van der Waals surface area contributed by atoms with E-state index in [4.69, 9.17) is 4.74 Å². The van der Waals surface area contributed by atoms with Crippen LogP contribution in [0.4, 0.5) is 0 Å². The zero-order valence-corrected chi connectivity index (χ0v) is 12.9. The van der Waals surface area contributed by atoms with Gasteiger partial charge in [0.15, 0.2) is 0 Å². The third kappa shape index (κ3) is 5.25. The van der Waals surface area contributed by atoms with Crippen LogP contribution >= 0.6 is 11.8 Å². The summed E-state index contributed by atoms with van der Waals surface area (Å²) in [5, 5.41) is 3.32. The Bertz CT molecular complexity index is 392. The molecule has 1 aromatic carbocycles. The lowest BCUT2D eigenvalue weighted by atomic mass is 10.1. The first kappa shape index (κ1) is 16.1. The van der Waals surface area contributed by atoms with E-state index in [0.717, 1.165) is 12.1 Å². The number of ether oxygens (including phenoxy) is 1. The van der Waals surface area contributed by atoms with E-state index in [2.05, 4.69) is 25.4 Å². The number of rotatable bonds is 7. The Morgan fingerprint density at radius 1 is 1.37 bits per heavy atom. The first-order valence-electron chi connectivity index (χ1n) is 6.50. The summed E-state index contributed by atoms with van der Waals surface area (Å²) in [6.07, 6.45) is 2.07. The first-order chi connectivity index (χ1) is 9.00. The molecule has 106 valence electrons. The molecular formula is C15H23NO2S. The number of nitrogens with one attached hydrogen (secondary N) is 1. The molecule has 0 heterocycles. The highest BCUT2D eigenvalue weighted by atomic mass is 32.2. The number of carbonyl (C=O) groups is 1. The Morgan fingerprint density at radius 2 is 2.00 bits per heavy atom. The molecule has 0 saturated heterocycles. The van der Waals surface area contributed by atoms with Crippen molar-refractivity contribution in [3.63, 3.8) is 0 Å². The molecule has 0 radical (unpaired) electrons. The normalized spacial score (nSPS) is 13.1. The average molecular weight is 281 g/mol. The van der Waals surface area contributed by atoms with Gasteiger partial charge in [-0.2, -0.15) is 11.8 Å². The standard InChI is InChI=1S/C15H23NO2S/c1-5-18-14(17)13(12-9-7-6-8-10-12)16-11-15(2,3)19-4/h6-10,13,16H,5,11H2,1-4H3. The number of esters is 1. The zero-order valence-electron chi connectivity index (χ0n) is 12.1. The minimum atomic E-state index is -0.396. The van der Waals surface area contributed by atoms with Gasteiger partial charge in [0.05, 0.1) is 6.61 Å². The SMILES string of the molecule is CCOC(=O)C(NCC(C)(C)SC)c1ccccc1. The van der Waals surface area contributed by atoms with Gasteiger partial charge in [-0.25, -0.2) is 4.79 Å². The van der Waals surface area contributed by atoms with Crippen molar-refractivity contribution in [2.24, 2.45) is 0 Å². The van der Waals surface area contributed by atoms with Crippen molar-refractivity contribution < 1.29 is 9.53 Å². The second kappa shape index (κ2) is 7.56. The van der Waals surface area contributed by atoms with Crippen LogP contribution in [0.25, 0.3) is 0 Å². The van der Waals surface area contributed by atoms with E-state index in [1.165, 1.54) is 0 Å². The van der Waals surface area contributed by atoms with Crippen molar-refractivity contribution in [2.45, 2.75) is 31.6 Å². The largest absolute Gasteiger partial charge is 0.465 e. The summed E-state index contributed by atoms with van der Waals surface area (Å²) in [5.41, 5.74) is 0.942. The van der Waals surface area contributed by atoms with Crippen molar-refractivity contribution in [1.82, 2.24) is 5.32 Å². The third-order valence-electron chi connectivity index (χ3n) is 2.94. The number of hydrogen-bond acceptors (Lipinski definition) is 4. The average Bonchev–Trinajstić information content (AvgIpc) is 2.40. The minimum absolute atomic E-state index is 0.0829. The smallest absolute Gasteiger partial charge is 0.327 e. The Kier molecular flexibility index (Phi) is 6.38. The summed E-state index contributed by atoms with van der Waals surface area (Å²) in [4.78, 5) is 12.1. The fourth-order valence-corrected chi connectivity index (χ4v) is 1.86. The maximum Gasteiger partial charge on any atom is 0.327 e. The highest BCUT2D eigenvalue weighted by Crippen LogP contribution is 2.22. The van der Waals surface area contributed by atoms with E-state index in [0.29, 0.717) is 6.61 Å². The molecule has 0 fully saturated rings. The van der Waals surface area contributed by atoms with Crippen molar-refractivity contribution in [2.75, 3.05) is 19.4 Å². The summed E-state index contributed by atoms with van der Waals surface area (Å²) < 4.78 is 5.23. The van der Waals surface area contributed by atoms with Crippen molar-refractivity contribution >= 4 is 17.7 Å². The summed E-state index contributed by atoms with van der Waals surface area (Å²) in [5.74, 6) is -0.217. The molecular weight excluding hydrogens is 258 g/mol. The van der Waals surface area contributed by atoms with E-state index in [-0.39, 0.29) is 10.7 Å². The molecule has 19 heavy (non-hydrogen) atoms. The van der Waals surface area contributed by atoms with Crippen LogP contribution in [-0.4, -0.2) is 30.1 Å². The van der Waals surface area contributed by atoms with Crippen LogP contribution in [0.5, 0.6) is 0 Å². The Hall–Kier alpha value is -1.00. The number of benzene rings is 1. The van der Waals surface area contributed by atoms with Crippen LogP contribution in [0.3, 0.4) is 0 Å². The molecule has 0 amide bonds. The van der Waals surface area contributed by atoms with Gasteiger partial charge < -0.3 is 4.74 Å². The predicted octanol–water partition coefficient (Wildman–Crippen LogP) is 3.02. The number of carbonyl (C=O) groups excluding carboxylic acids is 1. The molecule has 4 heteroatoms. The van der Waals surface area contributed by atoms with Crippen LogP contribution in [0.2, 0.25) is 0 Å². The maximum atomic E-state index is 12.1. The summed E-state index contributed by atoms with van der Waals surface area (Å²) >= 11 is 1.77. The van der Waals surface area contributed by atoms with Crippen molar-refractivity contribution in [3.05, 3.63) is 35.9 Å². The fraction of sp³-hybridized carbons (Fsp3) is 0.533. The lowest BCUT2D eigenvalue weighted by molar-refractivity contribution is -0.145. The first-order valence-corrected chi connectivity index (χ1v) is 7.72. The van der Waals surface area contributed by atoms with Crippen LogP contribution in [-0.2, 0) is 9.53 Å². The molecule has 1 N–H and O–H groups in total. The summed E-state index contributed by atoms with van der Waals surface area (Å²) in [6, 6.07) is 9.30. The molecule has 1 aromatic rings. The highest BCUT2D eigenvalue weighted by Gasteiger charge is 2.24. The van der Waals surface area contributed by atoms with Gasteiger partial charge in [-0.05, 0) is 32.6 Å². The summed E-state index contributed by atoms with van der Waals surface area (Å²) in [6.45, 7) is 7.27. The molecule has 0 aliphatic carbocycles. The molecule has 1 rings (SSSR count). The number of hydrogen-bond donors (Lipinski definition) is 1. The van der Waals surface area contributed by atoms with E-state index in [1.807, 2.05) is 37.3 Å². The Labute approximate surface area is 120 Å². The highest BCUT2D eigenvalue weighted by molar-refractivity contribution is 7.99. The van der Waals surface area contributed by atoms with Crippen LogP contribution in [0, 0.1) is 0 Å². The van der Waals surface area contributed by atoms with Gasteiger partial charge in [0.25, 0.3) is 0 Å². The van der Waals surface area contributed by atoms with Crippen LogP contribution in [0.1, 0.15) is 32.4 Å². The lowest BCUT2D eigenvalue weighted by Gasteiger charge is -2.26.